The van der Waals surface area contributed by atoms with Gasteiger partial charge in [-0.25, -0.2) is 0 Å². The van der Waals surface area contributed by atoms with E-state index in [1.165, 1.54) is 0 Å². The van der Waals surface area contributed by atoms with Crippen LogP contribution in [-0.2, 0) is 54.0 Å². The highest BCUT2D eigenvalue weighted by Crippen LogP contribution is 2.30. The molecule has 0 aliphatic carbocycles. The molecule has 0 amide bonds. The Bertz CT molecular complexity index is 1080. The van der Waals surface area contributed by atoms with Gasteiger partial charge in [-0.05, 0) is 17.7 Å². The van der Waals surface area contributed by atoms with Crippen molar-refractivity contribution in [2.45, 2.75) is 37.3 Å². The minimum Gasteiger partial charge on any atom is -0.462 e. The van der Waals surface area contributed by atoms with E-state index in [1.807, 2.05) is 60.7 Å². The van der Waals surface area contributed by atoms with Crippen molar-refractivity contribution in [3.05, 3.63) is 91.5 Å². The highest BCUT2D eigenvalue weighted by atomic mass is 16.7. The zero-order valence-corrected chi connectivity index (χ0v) is 28.5. The molecule has 1 saturated heterocycles. The Morgan fingerprint density at radius 1 is 0.571 bits per heavy atom. The van der Waals surface area contributed by atoms with Crippen LogP contribution >= 0.6 is 0 Å². The van der Waals surface area contributed by atoms with Crippen LogP contribution in [0.25, 0.3) is 0 Å². The molecule has 1 aliphatic rings. The summed E-state index contributed by atoms with van der Waals surface area (Å²) in [5.41, 5.74) is 1.05. The van der Waals surface area contributed by atoms with Crippen LogP contribution in [0.3, 0.4) is 0 Å². The van der Waals surface area contributed by atoms with Gasteiger partial charge in [0.1, 0.15) is 30.2 Å². The lowest BCUT2D eigenvalue weighted by atomic mass is 9.98. The molecule has 3 rings (SSSR count). The molecule has 0 radical (unpaired) electrons. The summed E-state index contributed by atoms with van der Waals surface area (Å²) in [6, 6.07) is 19.4. The average molecular weight is 691 g/mol. The predicted octanol–water partition coefficient (Wildman–Crippen LogP) is 3.61. The molecule has 0 spiro atoms. The summed E-state index contributed by atoms with van der Waals surface area (Å²) in [5, 5.41) is 8.66. The van der Waals surface area contributed by atoms with Crippen LogP contribution in [0.5, 0.6) is 5.75 Å². The molecule has 12 heteroatoms. The lowest BCUT2D eigenvalue weighted by Gasteiger charge is -2.45. The summed E-state index contributed by atoms with van der Waals surface area (Å²) in [5.74, 6) is 0.637. The molecule has 49 heavy (non-hydrogen) atoms. The zero-order chi connectivity index (χ0) is 34.6. The van der Waals surface area contributed by atoms with E-state index >= 15 is 0 Å². The van der Waals surface area contributed by atoms with Crippen LogP contribution in [0.4, 0.5) is 0 Å². The second-order valence-electron chi connectivity index (χ2n) is 10.8. The Morgan fingerprint density at radius 2 is 1.08 bits per heavy atom. The van der Waals surface area contributed by atoms with Gasteiger partial charge in [-0.2, -0.15) is 0 Å². The highest BCUT2D eigenvalue weighted by molar-refractivity contribution is 5.21. The van der Waals surface area contributed by atoms with Gasteiger partial charge in [0.2, 0.25) is 6.29 Å². The summed E-state index contributed by atoms with van der Waals surface area (Å²) >= 11 is 0. The summed E-state index contributed by atoms with van der Waals surface area (Å²) in [7, 11) is 0. The van der Waals surface area contributed by atoms with E-state index in [0.29, 0.717) is 78.4 Å². The van der Waals surface area contributed by atoms with Crippen molar-refractivity contribution in [1.29, 1.82) is 0 Å². The van der Waals surface area contributed by atoms with Crippen molar-refractivity contribution >= 4 is 0 Å². The third-order valence-corrected chi connectivity index (χ3v) is 7.05. The third-order valence-electron chi connectivity index (χ3n) is 7.05. The molecule has 1 fully saturated rings. The first-order chi connectivity index (χ1) is 24.3. The molecule has 1 heterocycles. The van der Waals surface area contributed by atoms with Crippen LogP contribution in [0, 0.1) is 0 Å². The fourth-order valence-electron chi connectivity index (χ4n) is 4.82. The number of rotatable bonds is 30. The maximum absolute atomic E-state index is 8.66. The number of para-hydroxylation sites is 1. The number of aliphatic hydroxyl groups is 1. The SMILES string of the molecule is C=CCO[C@H]1[C@@H](OCCOCCOCCOCCOCCOCCO)[C@@H](COCc2ccccc2)O[C@@H](Oc2ccccc2)[C@@H]1OCC=C. The molecule has 2 aromatic carbocycles. The first-order valence-corrected chi connectivity index (χ1v) is 16.8. The minimum absolute atomic E-state index is 0.00956. The van der Waals surface area contributed by atoms with Gasteiger partial charge < -0.3 is 57.2 Å². The Labute approximate surface area is 290 Å². The zero-order valence-electron chi connectivity index (χ0n) is 28.5. The molecule has 1 aliphatic heterocycles. The first kappa shape index (κ1) is 40.7. The van der Waals surface area contributed by atoms with Gasteiger partial charge in [0, 0.05) is 0 Å². The highest BCUT2D eigenvalue weighted by Gasteiger charge is 2.49. The summed E-state index contributed by atoms with van der Waals surface area (Å²) < 4.78 is 65.2. The van der Waals surface area contributed by atoms with E-state index in [-0.39, 0.29) is 33.0 Å². The maximum Gasteiger partial charge on any atom is 0.229 e. The van der Waals surface area contributed by atoms with E-state index in [1.54, 1.807) is 12.2 Å². The van der Waals surface area contributed by atoms with E-state index in [9.17, 15) is 0 Å². The Kier molecular flexibility index (Phi) is 22.5. The van der Waals surface area contributed by atoms with Crippen molar-refractivity contribution < 1.29 is 57.2 Å². The van der Waals surface area contributed by atoms with Gasteiger partial charge in [0.15, 0.2) is 0 Å². The van der Waals surface area contributed by atoms with E-state index in [4.69, 9.17) is 57.2 Å². The topological polar surface area (TPSA) is 122 Å². The van der Waals surface area contributed by atoms with Gasteiger partial charge in [-0.3, -0.25) is 0 Å². The number of hydrogen-bond acceptors (Lipinski definition) is 12. The molecular formula is C37H54O12. The Balaban J connectivity index is 1.48. The quantitative estimate of drug-likeness (QED) is 0.0953. The van der Waals surface area contributed by atoms with E-state index < -0.39 is 30.7 Å². The van der Waals surface area contributed by atoms with Crippen LogP contribution in [0.2, 0.25) is 0 Å². The molecular weight excluding hydrogens is 636 g/mol. The fourth-order valence-corrected chi connectivity index (χ4v) is 4.82. The van der Waals surface area contributed by atoms with E-state index in [2.05, 4.69) is 13.2 Å². The average Bonchev–Trinajstić information content (AvgIpc) is 3.13. The molecule has 12 nitrogen and oxygen atoms in total. The summed E-state index contributed by atoms with van der Waals surface area (Å²) in [6.07, 6.45) is 0.251. The molecule has 274 valence electrons. The monoisotopic (exact) mass is 690 g/mol. The van der Waals surface area contributed by atoms with Crippen molar-refractivity contribution in [3.8, 4) is 5.75 Å². The van der Waals surface area contributed by atoms with Crippen molar-refractivity contribution in [2.24, 2.45) is 0 Å². The Morgan fingerprint density at radius 3 is 1.63 bits per heavy atom. The summed E-state index contributed by atoms with van der Waals surface area (Å²) in [4.78, 5) is 0. The van der Waals surface area contributed by atoms with Gasteiger partial charge in [0.25, 0.3) is 0 Å². The van der Waals surface area contributed by atoms with Crippen LogP contribution in [0.15, 0.2) is 86.0 Å². The van der Waals surface area contributed by atoms with Crippen LogP contribution in [0.1, 0.15) is 5.56 Å². The van der Waals surface area contributed by atoms with Gasteiger partial charge in [-0.15, -0.1) is 13.2 Å². The first-order valence-electron chi connectivity index (χ1n) is 16.8. The van der Waals surface area contributed by atoms with Gasteiger partial charge in [-0.1, -0.05) is 60.7 Å². The number of ether oxygens (including phenoxy) is 11. The number of hydrogen-bond donors (Lipinski definition) is 1. The van der Waals surface area contributed by atoms with Crippen LogP contribution in [-0.4, -0.2) is 135 Å². The second kappa shape index (κ2) is 27.1. The Hall–Kier alpha value is -2.72. The number of aliphatic hydroxyl groups excluding tert-OH is 1. The van der Waals surface area contributed by atoms with Gasteiger partial charge in [0.05, 0.1) is 106 Å². The molecule has 0 unspecified atom stereocenters. The fraction of sp³-hybridized carbons (Fsp3) is 0.568. The predicted molar refractivity (Wildman–Crippen MR) is 183 cm³/mol. The van der Waals surface area contributed by atoms with Crippen molar-refractivity contribution in [3.63, 3.8) is 0 Å². The van der Waals surface area contributed by atoms with Crippen molar-refractivity contribution in [2.75, 3.05) is 99.1 Å². The third kappa shape index (κ3) is 17.2. The number of benzene rings is 2. The molecule has 0 aromatic heterocycles. The molecule has 0 bridgehead atoms. The van der Waals surface area contributed by atoms with Gasteiger partial charge >= 0.3 is 0 Å². The minimum atomic E-state index is -0.802. The molecule has 2 aromatic rings. The second-order valence-corrected chi connectivity index (χ2v) is 10.8. The molecule has 5 atom stereocenters. The summed E-state index contributed by atoms with van der Waals surface area (Å²) in [6.45, 7) is 13.4. The smallest absolute Gasteiger partial charge is 0.229 e. The lowest BCUT2D eigenvalue weighted by molar-refractivity contribution is -0.302. The molecule has 0 saturated carbocycles. The standard InChI is InChI=1S/C37H54O12/c1-3-16-45-35-34(47-28-27-43-26-25-42-24-23-41-22-21-40-20-19-39-18-15-38)33(30-44-29-31-11-7-5-8-12-31)49-37(36(35)46-17-4-2)48-32-13-9-6-10-14-32/h3-14,33-38H,1-2,15-30H2/t33-,34+,35+,36-,37-/m1/s1. The normalized spacial score (nSPS) is 20.6. The van der Waals surface area contributed by atoms with Crippen molar-refractivity contribution in [1.82, 2.24) is 0 Å². The van der Waals surface area contributed by atoms with E-state index in [0.717, 1.165) is 5.56 Å². The molecule has 1 N–H and O–H groups in total. The largest absolute Gasteiger partial charge is 0.462 e. The van der Waals surface area contributed by atoms with Crippen LogP contribution < -0.4 is 4.74 Å². The maximum atomic E-state index is 8.66. The lowest BCUT2D eigenvalue weighted by Crippen LogP contribution is -2.63.